The van der Waals surface area contributed by atoms with Gasteiger partial charge in [0.05, 0.1) is 30.2 Å². The molecule has 3 saturated heterocycles. The van der Waals surface area contributed by atoms with E-state index in [0.717, 1.165) is 52.0 Å². The minimum Gasteiger partial charge on any atom is -0.394 e. The molecule has 0 radical (unpaired) electrons. The summed E-state index contributed by atoms with van der Waals surface area (Å²) < 4.78 is 34.2. The maximum Gasteiger partial charge on any atom is 0.214 e. The number of rotatable bonds is 7. The zero-order valence-electron chi connectivity index (χ0n) is 18.5. The van der Waals surface area contributed by atoms with Gasteiger partial charge in [0, 0.05) is 32.7 Å². The van der Waals surface area contributed by atoms with Crippen molar-refractivity contribution in [2.45, 2.75) is 87.1 Å². The topological polar surface area (TPSA) is 114 Å². The molecule has 1 unspecified atom stereocenters. The molecular weight excluding hydrogens is 420 g/mol. The molecule has 5 atom stereocenters. The summed E-state index contributed by atoms with van der Waals surface area (Å²) in [5.74, 6) is 0. The molecule has 0 bridgehead atoms. The van der Waals surface area contributed by atoms with Crippen LogP contribution in [0.4, 0.5) is 0 Å². The number of nitrogens with zero attached hydrogens (tertiary/aromatic N) is 2. The Balaban J connectivity index is 1.35. The highest BCUT2D eigenvalue weighted by Gasteiger charge is 2.47. The lowest BCUT2D eigenvalue weighted by atomic mass is 10.0. The number of ether oxygens (including phenoxy) is 1. The van der Waals surface area contributed by atoms with E-state index in [0.29, 0.717) is 19.0 Å². The molecule has 0 aromatic carbocycles. The second kappa shape index (κ2) is 10.7. The first kappa shape index (κ1) is 23.8. The van der Waals surface area contributed by atoms with Gasteiger partial charge in [0.25, 0.3) is 0 Å². The van der Waals surface area contributed by atoms with Crippen LogP contribution in [0.5, 0.6) is 0 Å². The summed E-state index contributed by atoms with van der Waals surface area (Å²) in [6.45, 7) is 4.36. The van der Waals surface area contributed by atoms with E-state index in [1.807, 2.05) is 0 Å². The molecule has 0 aromatic rings. The van der Waals surface area contributed by atoms with Crippen LogP contribution in [-0.2, 0) is 14.8 Å². The van der Waals surface area contributed by atoms with Gasteiger partial charge in [-0.2, -0.15) is 0 Å². The van der Waals surface area contributed by atoms with Gasteiger partial charge in [0.2, 0.25) is 10.0 Å². The molecule has 4 fully saturated rings. The van der Waals surface area contributed by atoms with Crippen LogP contribution in [0, 0.1) is 0 Å². The van der Waals surface area contributed by atoms with Crippen LogP contribution in [0.25, 0.3) is 0 Å². The first-order valence-corrected chi connectivity index (χ1v) is 13.7. The maximum absolute atomic E-state index is 12.8. The minimum atomic E-state index is -3.40. The number of aliphatic hydroxyl groups is 2. The van der Waals surface area contributed by atoms with Crippen LogP contribution >= 0.6 is 0 Å². The average Bonchev–Trinajstić information content (AvgIpc) is 3.14. The number of sulfonamides is 1. The van der Waals surface area contributed by atoms with Crippen LogP contribution in [0.15, 0.2) is 0 Å². The molecule has 4 N–H and O–H groups in total. The lowest BCUT2D eigenvalue weighted by Crippen LogP contribution is -2.61. The fourth-order valence-corrected chi connectivity index (χ4v) is 7.37. The van der Waals surface area contributed by atoms with Crippen molar-refractivity contribution in [1.82, 2.24) is 19.8 Å². The Bertz CT molecular complexity index is 661. The van der Waals surface area contributed by atoms with Gasteiger partial charge in [-0.1, -0.05) is 19.3 Å². The molecule has 0 amide bonds. The van der Waals surface area contributed by atoms with Crippen molar-refractivity contribution >= 4 is 10.0 Å². The van der Waals surface area contributed by atoms with Crippen molar-refractivity contribution < 1.29 is 23.4 Å². The Hall–Kier alpha value is -0.330. The standard InChI is InChI=1S/C21H40N4O5S/c26-15-18-21(27)20(25-12-10-24(11-13-25)19-8-4-5-9-22-19)17(30-18)14-23-31(28,29)16-6-2-1-3-7-16/h16-23,26-27H,1-15H2/t17-,18-,19?,20-,21+/m0/s1. The number of nitrogens with one attached hydrogen (secondary N) is 2. The van der Waals surface area contributed by atoms with Crippen molar-refractivity contribution in [2.75, 3.05) is 45.9 Å². The van der Waals surface area contributed by atoms with Crippen molar-refractivity contribution in [2.24, 2.45) is 0 Å². The molecule has 9 nitrogen and oxygen atoms in total. The minimum absolute atomic E-state index is 0.140. The molecule has 0 aromatic heterocycles. The summed E-state index contributed by atoms with van der Waals surface area (Å²) in [4.78, 5) is 4.70. The highest BCUT2D eigenvalue weighted by molar-refractivity contribution is 7.90. The normalized spacial score (nSPS) is 37.3. The van der Waals surface area contributed by atoms with Crippen LogP contribution in [0.3, 0.4) is 0 Å². The molecule has 1 aliphatic carbocycles. The Morgan fingerprint density at radius 1 is 0.935 bits per heavy atom. The van der Waals surface area contributed by atoms with E-state index in [1.165, 1.54) is 19.3 Å². The van der Waals surface area contributed by atoms with Crippen molar-refractivity contribution in [1.29, 1.82) is 0 Å². The van der Waals surface area contributed by atoms with E-state index in [-0.39, 0.29) is 24.4 Å². The zero-order valence-corrected chi connectivity index (χ0v) is 19.3. The van der Waals surface area contributed by atoms with Gasteiger partial charge in [-0.25, -0.2) is 13.1 Å². The molecule has 4 rings (SSSR count). The second-order valence-corrected chi connectivity index (χ2v) is 11.6. The third-order valence-corrected chi connectivity index (χ3v) is 9.53. The Labute approximate surface area is 186 Å². The second-order valence-electron chi connectivity index (χ2n) is 9.57. The first-order valence-electron chi connectivity index (χ1n) is 12.1. The summed E-state index contributed by atoms with van der Waals surface area (Å²) in [6, 6.07) is -0.312. The summed E-state index contributed by atoms with van der Waals surface area (Å²) >= 11 is 0. The molecular formula is C21H40N4O5S. The smallest absolute Gasteiger partial charge is 0.214 e. The van der Waals surface area contributed by atoms with Crippen molar-refractivity contribution in [3.63, 3.8) is 0 Å². The number of hydrogen-bond acceptors (Lipinski definition) is 8. The molecule has 0 spiro atoms. The monoisotopic (exact) mass is 460 g/mol. The fourth-order valence-electron chi connectivity index (χ4n) is 5.78. The quantitative estimate of drug-likeness (QED) is 0.400. The van der Waals surface area contributed by atoms with Gasteiger partial charge in [0.1, 0.15) is 12.2 Å². The predicted octanol–water partition coefficient (Wildman–Crippen LogP) is -0.555. The van der Waals surface area contributed by atoms with Crippen molar-refractivity contribution in [3.8, 4) is 0 Å². The zero-order chi connectivity index (χ0) is 21.8. The fraction of sp³-hybridized carbons (Fsp3) is 1.00. The lowest BCUT2D eigenvalue weighted by Gasteiger charge is -2.44. The molecule has 180 valence electrons. The summed E-state index contributed by atoms with van der Waals surface area (Å²) in [5, 5.41) is 23.8. The van der Waals surface area contributed by atoms with Crippen LogP contribution in [-0.4, -0.2) is 110 Å². The predicted molar refractivity (Wildman–Crippen MR) is 118 cm³/mol. The molecule has 31 heavy (non-hydrogen) atoms. The number of piperazine rings is 1. The SMILES string of the molecule is O=S(=O)(NC[C@@H]1O[C@@H](CO)[C@@H](O)[C@H]1N1CCN(C2CCCCN2)CC1)C1CCCCC1. The van der Waals surface area contributed by atoms with Gasteiger partial charge in [-0.3, -0.25) is 9.80 Å². The molecule has 3 aliphatic heterocycles. The number of aliphatic hydroxyl groups excluding tert-OH is 2. The number of hydrogen-bond donors (Lipinski definition) is 4. The molecule has 3 heterocycles. The first-order chi connectivity index (χ1) is 15.0. The van der Waals surface area contributed by atoms with E-state index >= 15 is 0 Å². The van der Waals surface area contributed by atoms with E-state index in [1.54, 1.807) is 0 Å². The van der Waals surface area contributed by atoms with Gasteiger partial charge >= 0.3 is 0 Å². The van der Waals surface area contributed by atoms with Crippen molar-refractivity contribution in [3.05, 3.63) is 0 Å². The Kier molecular flexibility index (Phi) is 8.24. The third kappa shape index (κ3) is 5.60. The van der Waals surface area contributed by atoms with Crippen LogP contribution < -0.4 is 10.0 Å². The van der Waals surface area contributed by atoms with Gasteiger partial charge < -0.3 is 20.3 Å². The highest BCUT2D eigenvalue weighted by Crippen LogP contribution is 2.28. The average molecular weight is 461 g/mol. The molecule has 1 saturated carbocycles. The molecule has 10 heteroatoms. The summed E-state index contributed by atoms with van der Waals surface area (Å²) in [5.41, 5.74) is 0. The maximum atomic E-state index is 12.8. The van der Waals surface area contributed by atoms with Crippen LogP contribution in [0.1, 0.15) is 51.4 Å². The Morgan fingerprint density at radius 2 is 1.61 bits per heavy atom. The third-order valence-electron chi connectivity index (χ3n) is 7.61. The Morgan fingerprint density at radius 3 is 2.26 bits per heavy atom. The highest BCUT2D eigenvalue weighted by atomic mass is 32.2. The van der Waals surface area contributed by atoms with Gasteiger partial charge in [-0.15, -0.1) is 0 Å². The largest absolute Gasteiger partial charge is 0.394 e. The lowest BCUT2D eigenvalue weighted by molar-refractivity contribution is -0.0201. The van der Waals surface area contributed by atoms with E-state index in [2.05, 4.69) is 19.8 Å². The van der Waals surface area contributed by atoms with Gasteiger partial charge in [0.15, 0.2) is 0 Å². The van der Waals surface area contributed by atoms with E-state index in [9.17, 15) is 18.6 Å². The summed E-state index contributed by atoms with van der Waals surface area (Å²) in [7, 11) is -3.40. The van der Waals surface area contributed by atoms with Gasteiger partial charge in [-0.05, 0) is 38.6 Å². The number of piperidine rings is 1. The van der Waals surface area contributed by atoms with E-state index in [4.69, 9.17) is 4.74 Å². The van der Waals surface area contributed by atoms with E-state index < -0.39 is 28.3 Å². The van der Waals surface area contributed by atoms with Crippen LogP contribution in [0.2, 0.25) is 0 Å². The molecule has 4 aliphatic rings. The summed E-state index contributed by atoms with van der Waals surface area (Å²) in [6.07, 6.45) is 6.58.